The van der Waals surface area contributed by atoms with Gasteiger partial charge < -0.3 is 14.2 Å². The lowest BCUT2D eigenvalue weighted by molar-refractivity contribution is -0.166. The molecule has 0 fully saturated rings. The number of hydrogen-bond acceptors (Lipinski definition) is 6. The zero-order valence-electron chi connectivity index (χ0n) is 40.1. The summed E-state index contributed by atoms with van der Waals surface area (Å²) >= 11 is 0. The largest absolute Gasteiger partial charge is 0.462 e. The Morgan fingerprint density at radius 3 is 1.23 bits per heavy atom. The third kappa shape index (κ3) is 47.4. The molecule has 0 saturated carbocycles. The van der Waals surface area contributed by atoms with Gasteiger partial charge in [0.2, 0.25) is 0 Å². The van der Waals surface area contributed by atoms with Crippen LogP contribution in [0.1, 0.15) is 220 Å². The Labute approximate surface area is 381 Å². The van der Waals surface area contributed by atoms with Crippen molar-refractivity contribution in [2.45, 2.75) is 226 Å². The summed E-state index contributed by atoms with van der Waals surface area (Å²) in [4.78, 5) is 37.9. The second-order valence-corrected chi connectivity index (χ2v) is 16.4. The third-order valence-corrected chi connectivity index (χ3v) is 10.3. The molecule has 352 valence electrons. The van der Waals surface area contributed by atoms with Gasteiger partial charge >= 0.3 is 17.9 Å². The average Bonchev–Trinajstić information content (AvgIpc) is 3.27. The molecule has 0 aromatic carbocycles. The first kappa shape index (κ1) is 58.3. The number of ether oxygens (including phenoxy) is 3. The van der Waals surface area contributed by atoms with Crippen LogP contribution >= 0.6 is 0 Å². The molecule has 6 heteroatoms. The molecule has 0 aliphatic heterocycles. The van der Waals surface area contributed by atoms with E-state index in [1.54, 1.807) is 0 Å². The predicted molar refractivity (Wildman–Crippen MR) is 265 cm³/mol. The highest BCUT2D eigenvalue weighted by Gasteiger charge is 2.19. The Kier molecular flexibility index (Phi) is 47.0. The van der Waals surface area contributed by atoms with Crippen molar-refractivity contribution in [3.05, 3.63) is 97.2 Å². The number of carbonyl (C=O) groups excluding carboxylic acids is 3. The smallest absolute Gasteiger partial charge is 0.306 e. The minimum Gasteiger partial charge on any atom is -0.462 e. The number of hydrogen-bond donors (Lipinski definition) is 0. The van der Waals surface area contributed by atoms with Crippen LogP contribution in [0.2, 0.25) is 0 Å². The zero-order chi connectivity index (χ0) is 45.1. The van der Waals surface area contributed by atoms with Crippen molar-refractivity contribution >= 4 is 17.9 Å². The molecule has 0 amide bonds. The normalized spacial score (nSPS) is 12.9. The first-order valence-corrected chi connectivity index (χ1v) is 25.3. The summed E-state index contributed by atoms with van der Waals surface area (Å²) in [5, 5.41) is 0. The molecule has 1 unspecified atom stereocenters. The maximum atomic E-state index is 12.8. The van der Waals surface area contributed by atoms with Gasteiger partial charge in [0, 0.05) is 19.3 Å². The van der Waals surface area contributed by atoms with E-state index < -0.39 is 6.10 Å². The fraction of sp³-hybridized carbons (Fsp3) is 0.661. The van der Waals surface area contributed by atoms with Gasteiger partial charge in [0.05, 0.1) is 0 Å². The molecular weight excluding hydrogens is 769 g/mol. The second-order valence-electron chi connectivity index (χ2n) is 16.4. The number of unbranched alkanes of at least 4 members (excludes halogenated alkanes) is 18. The second kappa shape index (κ2) is 50.0. The first-order chi connectivity index (χ1) is 30.5. The molecule has 6 nitrogen and oxygen atoms in total. The van der Waals surface area contributed by atoms with Crippen molar-refractivity contribution in [3.63, 3.8) is 0 Å². The van der Waals surface area contributed by atoms with Crippen molar-refractivity contribution in [1.29, 1.82) is 0 Å². The van der Waals surface area contributed by atoms with Crippen LogP contribution in [0.5, 0.6) is 0 Å². The zero-order valence-corrected chi connectivity index (χ0v) is 40.1. The lowest BCUT2D eigenvalue weighted by atomic mass is 10.1. The number of carbonyl (C=O) groups is 3. The molecule has 0 aromatic rings. The quantitative estimate of drug-likeness (QED) is 0.0200. The van der Waals surface area contributed by atoms with Gasteiger partial charge in [-0.05, 0) is 103 Å². The molecule has 0 radical (unpaired) electrons. The summed E-state index contributed by atoms with van der Waals surface area (Å²) in [7, 11) is 0. The molecule has 0 spiro atoms. The fourth-order valence-electron chi connectivity index (χ4n) is 6.53. The summed E-state index contributed by atoms with van der Waals surface area (Å²) in [5.41, 5.74) is 0. The highest BCUT2D eigenvalue weighted by molar-refractivity contribution is 5.71. The van der Waals surface area contributed by atoms with Crippen LogP contribution in [-0.4, -0.2) is 37.2 Å². The van der Waals surface area contributed by atoms with Gasteiger partial charge in [-0.15, -0.1) is 0 Å². The van der Waals surface area contributed by atoms with E-state index in [-0.39, 0.29) is 44.0 Å². The maximum absolute atomic E-state index is 12.8. The molecule has 62 heavy (non-hydrogen) atoms. The van der Waals surface area contributed by atoms with Gasteiger partial charge in [0.15, 0.2) is 6.10 Å². The first-order valence-electron chi connectivity index (χ1n) is 25.3. The van der Waals surface area contributed by atoms with E-state index >= 15 is 0 Å². The van der Waals surface area contributed by atoms with E-state index in [1.807, 2.05) is 12.2 Å². The van der Waals surface area contributed by atoms with E-state index in [0.717, 1.165) is 96.3 Å². The van der Waals surface area contributed by atoms with E-state index in [9.17, 15) is 14.4 Å². The van der Waals surface area contributed by atoms with Crippen LogP contribution in [0.25, 0.3) is 0 Å². The van der Waals surface area contributed by atoms with Gasteiger partial charge in [0.1, 0.15) is 13.2 Å². The van der Waals surface area contributed by atoms with Crippen LogP contribution < -0.4 is 0 Å². The minimum absolute atomic E-state index is 0.117. The topological polar surface area (TPSA) is 78.9 Å². The third-order valence-electron chi connectivity index (χ3n) is 10.3. The van der Waals surface area contributed by atoms with Crippen LogP contribution in [-0.2, 0) is 28.6 Å². The molecule has 0 N–H and O–H groups in total. The van der Waals surface area contributed by atoms with Crippen LogP contribution in [0.15, 0.2) is 97.2 Å². The lowest BCUT2D eigenvalue weighted by Gasteiger charge is -2.18. The highest BCUT2D eigenvalue weighted by atomic mass is 16.6. The lowest BCUT2D eigenvalue weighted by Crippen LogP contribution is -2.30. The van der Waals surface area contributed by atoms with E-state index in [1.165, 1.54) is 77.0 Å². The summed E-state index contributed by atoms with van der Waals surface area (Å²) in [5.74, 6) is -1.04. The predicted octanol–water partition coefficient (Wildman–Crippen LogP) is 16.6. The Hall–Kier alpha value is -3.67. The molecule has 0 saturated heterocycles. The molecule has 0 aliphatic rings. The Bertz CT molecular complexity index is 1260. The van der Waals surface area contributed by atoms with Crippen LogP contribution in [0, 0.1) is 0 Å². The van der Waals surface area contributed by atoms with Crippen LogP contribution in [0.3, 0.4) is 0 Å². The number of esters is 3. The summed E-state index contributed by atoms with van der Waals surface area (Å²) < 4.78 is 16.7. The van der Waals surface area contributed by atoms with E-state index in [0.29, 0.717) is 12.8 Å². The molecule has 0 aliphatic carbocycles. The van der Waals surface area contributed by atoms with Gasteiger partial charge in [-0.3, -0.25) is 14.4 Å². The Morgan fingerprint density at radius 1 is 0.355 bits per heavy atom. The monoisotopic (exact) mass is 861 g/mol. The van der Waals surface area contributed by atoms with Crippen molar-refractivity contribution in [2.75, 3.05) is 13.2 Å². The highest BCUT2D eigenvalue weighted by Crippen LogP contribution is 2.12. The summed E-state index contributed by atoms with van der Waals surface area (Å²) in [6, 6.07) is 0. The van der Waals surface area contributed by atoms with Crippen molar-refractivity contribution in [3.8, 4) is 0 Å². The van der Waals surface area contributed by atoms with Crippen LogP contribution in [0.4, 0.5) is 0 Å². The minimum atomic E-state index is -0.824. The Balaban J connectivity index is 4.56. The average molecular weight is 861 g/mol. The summed E-state index contributed by atoms with van der Waals surface area (Å²) in [6.07, 6.45) is 65.4. The van der Waals surface area contributed by atoms with Gasteiger partial charge in [-0.25, -0.2) is 0 Å². The van der Waals surface area contributed by atoms with E-state index in [2.05, 4.69) is 106 Å². The maximum Gasteiger partial charge on any atom is 0.306 e. The molecule has 0 rings (SSSR count). The molecule has 0 aromatic heterocycles. The number of rotatable bonds is 44. The molecule has 1 atom stereocenters. The summed E-state index contributed by atoms with van der Waals surface area (Å²) in [6.45, 7) is 6.38. The molecule has 0 heterocycles. The van der Waals surface area contributed by atoms with Crippen molar-refractivity contribution in [2.24, 2.45) is 0 Å². The van der Waals surface area contributed by atoms with Crippen molar-refractivity contribution in [1.82, 2.24) is 0 Å². The van der Waals surface area contributed by atoms with Gasteiger partial charge in [-0.1, -0.05) is 195 Å². The van der Waals surface area contributed by atoms with Crippen molar-refractivity contribution < 1.29 is 28.6 Å². The Morgan fingerprint density at radius 2 is 0.710 bits per heavy atom. The van der Waals surface area contributed by atoms with Gasteiger partial charge in [-0.2, -0.15) is 0 Å². The number of allylic oxidation sites excluding steroid dienone is 16. The SMILES string of the molecule is CC/C=C\C/C=C\C/C=C\C/C=C\C/C=C\CCC(=O)OCC(COC(=O)CCCCCCC/C=C\CCCCC)OC(=O)CCCCC/C=C\C=C/CCCCCCCCC. The van der Waals surface area contributed by atoms with Gasteiger partial charge in [0.25, 0.3) is 0 Å². The molecule has 0 bridgehead atoms. The molecular formula is C56H92O6. The standard InChI is InChI=1S/C56H92O6/c1-4-7-10-13-16-19-22-25-27-29-31-34-37-40-43-46-49-55(58)61-52-53(51-60-54(57)48-45-42-39-36-33-24-21-18-15-12-9-6-3)62-56(59)50-47-44-41-38-35-32-30-28-26-23-20-17-14-11-8-5-2/h7,10,16,18-19,21,25,27-28,30-32,34-35,40,43,53H,4-6,8-9,11-15,17,20,22-24,26,29,33,36-39,41-42,44-52H2,1-3H3/b10-7-,19-16-,21-18-,27-25-,30-28-,34-31-,35-32-,43-40-. The van der Waals surface area contributed by atoms with E-state index in [4.69, 9.17) is 14.2 Å². The fourth-order valence-corrected chi connectivity index (χ4v) is 6.53.